The minimum Gasteiger partial charge on any atom is -0.497 e. The minimum atomic E-state index is 0.730. The molecule has 4 rings (SSSR count). The molecule has 28 heavy (non-hydrogen) atoms. The number of aromatic nitrogens is 4. The second-order valence-corrected chi connectivity index (χ2v) is 7.26. The highest BCUT2D eigenvalue weighted by Crippen LogP contribution is 2.30. The summed E-state index contributed by atoms with van der Waals surface area (Å²) in [5, 5.41) is 9.78. The molecule has 2 aromatic carbocycles. The van der Waals surface area contributed by atoms with E-state index in [1.165, 1.54) is 5.56 Å². The van der Waals surface area contributed by atoms with Gasteiger partial charge < -0.3 is 4.74 Å². The van der Waals surface area contributed by atoms with Gasteiger partial charge in [-0.05, 0) is 55.5 Å². The van der Waals surface area contributed by atoms with Crippen molar-refractivity contribution < 1.29 is 4.74 Å². The third kappa shape index (κ3) is 3.92. The molecule has 0 unspecified atom stereocenters. The molecule has 0 aliphatic heterocycles. The summed E-state index contributed by atoms with van der Waals surface area (Å²) in [5.74, 6) is 2.35. The van der Waals surface area contributed by atoms with Crippen molar-refractivity contribution in [2.24, 2.45) is 0 Å². The van der Waals surface area contributed by atoms with Crippen LogP contribution < -0.4 is 4.74 Å². The molecule has 140 valence electrons. The standard InChI is InChI=1S/C22H20N4OS/c1-16-6-10-19(11-7-16)26-21(17-8-12-20(27-2)13-9-17)24-25-22(26)28-15-18-5-3-4-14-23-18/h3-14H,15H2,1-2H3. The molecular weight excluding hydrogens is 368 g/mol. The van der Waals surface area contributed by atoms with E-state index in [0.29, 0.717) is 0 Å². The molecular formula is C22H20N4OS. The Balaban J connectivity index is 1.73. The number of benzene rings is 2. The Morgan fingerprint density at radius 2 is 1.71 bits per heavy atom. The number of nitrogens with zero attached hydrogens (tertiary/aromatic N) is 4. The fourth-order valence-corrected chi connectivity index (χ4v) is 3.71. The van der Waals surface area contributed by atoms with E-state index >= 15 is 0 Å². The van der Waals surface area contributed by atoms with E-state index in [0.717, 1.165) is 39.4 Å². The topological polar surface area (TPSA) is 52.8 Å². The first kappa shape index (κ1) is 18.3. The average molecular weight is 388 g/mol. The van der Waals surface area contributed by atoms with Gasteiger partial charge in [0.05, 0.1) is 12.8 Å². The quantitative estimate of drug-likeness (QED) is 0.438. The number of ether oxygens (including phenoxy) is 1. The normalized spacial score (nSPS) is 10.8. The molecule has 0 atom stereocenters. The largest absolute Gasteiger partial charge is 0.497 e. The van der Waals surface area contributed by atoms with Gasteiger partial charge in [-0.15, -0.1) is 10.2 Å². The lowest BCUT2D eigenvalue weighted by molar-refractivity contribution is 0.415. The van der Waals surface area contributed by atoms with Crippen LogP contribution in [0.3, 0.4) is 0 Å². The van der Waals surface area contributed by atoms with Gasteiger partial charge in [-0.1, -0.05) is 35.5 Å². The van der Waals surface area contributed by atoms with Crippen LogP contribution in [0.1, 0.15) is 11.3 Å². The first-order valence-corrected chi connectivity index (χ1v) is 9.93. The number of hydrogen-bond donors (Lipinski definition) is 0. The lowest BCUT2D eigenvalue weighted by Crippen LogP contribution is -2.00. The lowest BCUT2D eigenvalue weighted by Gasteiger charge is -2.11. The number of thioether (sulfide) groups is 1. The molecule has 0 radical (unpaired) electrons. The molecule has 2 heterocycles. The number of methoxy groups -OCH3 is 1. The first-order valence-electron chi connectivity index (χ1n) is 8.94. The van der Waals surface area contributed by atoms with E-state index in [9.17, 15) is 0 Å². The predicted molar refractivity (Wildman–Crippen MR) is 112 cm³/mol. The third-order valence-corrected chi connectivity index (χ3v) is 5.31. The Morgan fingerprint density at radius 1 is 0.929 bits per heavy atom. The molecule has 0 aliphatic rings. The van der Waals surface area contributed by atoms with Crippen LogP contribution in [0.5, 0.6) is 5.75 Å². The Bertz CT molecular complexity index is 1040. The van der Waals surface area contributed by atoms with Gasteiger partial charge in [-0.3, -0.25) is 9.55 Å². The maximum absolute atomic E-state index is 5.27. The van der Waals surface area contributed by atoms with E-state index in [-0.39, 0.29) is 0 Å². The molecule has 0 fully saturated rings. The zero-order valence-corrected chi connectivity index (χ0v) is 16.6. The maximum atomic E-state index is 5.27. The second kappa shape index (κ2) is 8.27. The molecule has 0 aliphatic carbocycles. The maximum Gasteiger partial charge on any atom is 0.196 e. The third-order valence-electron chi connectivity index (χ3n) is 4.35. The van der Waals surface area contributed by atoms with Crippen LogP contribution in [0.4, 0.5) is 0 Å². The highest BCUT2D eigenvalue weighted by Gasteiger charge is 2.16. The number of hydrogen-bond acceptors (Lipinski definition) is 5. The predicted octanol–water partition coefficient (Wildman–Crippen LogP) is 4.94. The van der Waals surface area contributed by atoms with E-state index in [2.05, 4.69) is 50.9 Å². The van der Waals surface area contributed by atoms with Crippen LogP contribution in [0, 0.1) is 6.92 Å². The van der Waals surface area contributed by atoms with Crippen molar-refractivity contribution in [1.29, 1.82) is 0 Å². The van der Waals surface area contributed by atoms with Crippen molar-refractivity contribution in [3.63, 3.8) is 0 Å². The SMILES string of the molecule is COc1ccc(-c2nnc(SCc3ccccn3)n2-c2ccc(C)cc2)cc1. The van der Waals surface area contributed by atoms with Crippen molar-refractivity contribution in [3.8, 4) is 22.8 Å². The van der Waals surface area contributed by atoms with Gasteiger partial charge in [-0.2, -0.15) is 0 Å². The van der Waals surface area contributed by atoms with Gasteiger partial charge in [0.2, 0.25) is 0 Å². The van der Waals surface area contributed by atoms with Crippen LogP contribution >= 0.6 is 11.8 Å². The molecule has 5 nitrogen and oxygen atoms in total. The Hall–Kier alpha value is -3.12. The molecule has 0 bridgehead atoms. The Labute approximate surface area is 168 Å². The van der Waals surface area contributed by atoms with Gasteiger partial charge in [0.15, 0.2) is 11.0 Å². The van der Waals surface area contributed by atoms with Gasteiger partial charge in [0, 0.05) is 23.2 Å². The van der Waals surface area contributed by atoms with Gasteiger partial charge >= 0.3 is 0 Å². The highest BCUT2D eigenvalue weighted by molar-refractivity contribution is 7.98. The molecule has 0 saturated heterocycles. The Kier molecular flexibility index (Phi) is 5.39. The summed E-state index contributed by atoms with van der Waals surface area (Å²) in [6.45, 7) is 2.08. The van der Waals surface area contributed by atoms with Crippen molar-refractivity contribution in [2.75, 3.05) is 7.11 Å². The van der Waals surface area contributed by atoms with E-state index in [4.69, 9.17) is 4.74 Å². The molecule has 4 aromatic rings. The molecule has 0 saturated carbocycles. The first-order chi connectivity index (χ1) is 13.7. The van der Waals surface area contributed by atoms with Crippen LogP contribution in [0.2, 0.25) is 0 Å². The van der Waals surface area contributed by atoms with E-state index < -0.39 is 0 Å². The van der Waals surface area contributed by atoms with Crippen molar-refractivity contribution in [1.82, 2.24) is 19.7 Å². The number of rotatable bonds is 6. The highest BCUT2D eigenvalue weighted by atomic mass is 32.2. The van der Waals surface area contributed by atoms with E-state index in [1.54, 1.807) is 18.9 Å². The van der Waals surface area contributed by atoms with Crippen LogP contribution in [-0.2, 0) is 5.75 Å². The van der Waals surface area contributed by atoms with Gasteiger partial charge in [0.1, 0.15) is 5.75 Å². The van der Waals surface area contributed by atoms with E-state index in [1.807, 2.05) is 48.7 Å². The van der Waals surface area contributed by atoms with Crippen molar-refractivity contribution in [3.05, 3.63) is 84.2 Å². The summed E-state index contributed by atoms with van der Waals surface area (Å²) in [5.41, 5.74) is 4.24. The molecule has 0 amide bonds. The van der Waals surface area contributed by atoms with Crippen LogP contribution in [0.15, 0.2) is 78.1 Å². The molecule has 0 spiro atoms. The number of aryl methyl sites for hydroxylation is 1. The van der Waals surface area contributed by atoms with Gasteiger partial charge in [0.25, 0.3) is 0 Å². The van der Waals surface area contributed by atoms with Crippen molar-refractivity contribution >= 4 is 11.8 Å². The molecule has 2 aromatic heterocycles. The van der Waals surface area contributed by atoms with Gasteiger partial charge in [-0.25, -0.2) is 0 Å². The smallest absolute Gasteiger partial charge is 0.196 e. The summed E-state index contributed by atoms with van der Waals surface area (Å²) in [6, 6.07) is 22.2. The minimum absolute atomic E-state index is 0.730. The van der Waals surface area contributed by atoms with Crippen LogP contribution in [0.25, 0.3) is 17.1 Å². The summed E-state index contributed by atoms with van der Waals surface area (Å²) in [4.78, 5) is 4.40. The zero-order valence-electron chi connectivity index (χ0n) is 15.7. The fourth-order valence-electron chi connectivity index (χ4n) is 2.84. The number of pyridine rings is 1. The Morgan fingerprint density at radius 3 is 2.39 bits per heavy atom. The van der Waals surface area contributed by atoms with Crippen molar-refractivity contribution in [2.45, 2.75) is 17.8 Å². The summed E-state index contributed by atoms with van der Waals surface area (Å²) in [7, 11) is 1.66. The second-order valence-electron chi connectivity index (χ2n) is 6.32. The molecule has 0 N–H and O–H groups in total. The zero-order chi connectivity index (χ0) is 19.3. The summed E-state index contributed by atoms with van der Waals surface area (Å²) >= 11 is 1.62. The molecule has 6 heteroatoms. The average Bonchev–Trinajstić information content (AvgIpc) is 3.17. The fraction of sp³-hybridized carbons (Fsp3) is 0.136. The summed E-state index contributed by atoms with van der Waals surface area (Å²) in [6.07, 6.45) is 1.81. The van der Waals surface area contributed by atoms with Crippen LogP contribution in [-0.4, -0.2) is 26.9 Å². The lowest BCUT2D eigenvalue weighted by atomic mass is 10.2. The summed E-state index contributed by atoms with van der Waals surface area (Å²) < 4.78 is 7.36. The monoisotopic (exact) mass is 388 g/mol.